The van der Waals surface area contributed by atoms with Crippen LogP contribution >= 0.6 is 0 Å². The number of rotatable bonds is 5. The van der Waals surface area contributed by atoms with Crippen LogP contribution in [0.1, 0.15) is 83.6 Å². The van der Waals surface area contributed by atoms with E-state index in [2.05, 4.69) is 24.5 Å². The average Bonchev–Trinajstić information content (AvgIpc) is 3.54. The normalized spacial score (nSPS) is 37.6. The minimum Gasteiger partial charge on any atom is -0.359 e. The fraction of sp³-hybridized carbons (Fsp3) is 0.667. The third-order valence-corrected chi connectivity index (χ3v) is 10.7. The van der Waals surface area contributed by atoms with Crippen LogP contribution in [0.5, 0.6) is 0 Å². The molecule has 5 aliphatic rings. The number of anilines is 1. The number of carbonyl (C=O) groups is 3. The lowest BCUT2D eigenvalue weighted by Crippen LogP contribution is -2.59. The number of ether oxygens (including phenoxy) is 1. The van der Waals surface area contributed by atoms with E-state index < -0.39 is 29.6 Å². The molecular formula is C33H45N3O4. The van der Waals surface area contributed by atoms with Gasteiger partial charge in [0.05, 0.1) is 17.9 Å². The maximum Gasteiger partial charge on any atom is 0.246 e. The van der Waals surface area contributed by atoms with E-state index in [-0.39, 0.29) is 29.8 Å². The number of likely N-dealkylation sites (tertiary alicyclic amines) is 1. The minimum atomic E-state index is -1.10. The van der Waals surface area contributed by atoms with Gasteiger partial charge < -0.3 is 20.3 Å². The highest BCUT2D eigenvalue weighted by Crippen LogP contribution is 2.56. The molecule has 0 radical (unpaired) electrons. The lowest BCUT2D eigenvalue weighted by molar-refractivity contribution is -0.144. The van der Waals surface area contributed by atoms with Gasteiger partial charge in [-0.15, -0.1) is 0 Å². The van der Waals surface area contributed by atoms with Crippen molar-refractivity contribution in [1.29, 1.82) is 0 Å². The Morgan fingerprint density at radius 2 is 1.73 bits per heavy atom. The zero-order valence-electron chi connectivity index (χ0n) is 24.2. The molecule has 1 aromatic rings. The molecule has 7 nitrogen and oxygen atoms in total. The van der Waals surface area contributed by atoms with E-state index in [1.54, 1.807) is 0 Å². The van der Waals surface area contributed by atoms with Crippen LogP contribution in [0.2, 0.25) is 0 Å². The van der Waals surface area contributed by atoms with E-state index in [0.717, 1.165) is 56.9 Å². The predicted molar refractivity (Wildman–Crippen MR) is 154 cm³/mol. The van der Waals surface area contributed by atoms with Crippen molar-refractivity contribution >= 4 is 23.4 Å². The van der Waals surface area contributed by atoms with Gasteiger partial charge in [0.15, 0.2) is 0 Å². The molecule has 3 aliphatic heterocycles. The van der Waals surface area contributed by atoms with E-state index in [9.17, 15) is 14.4 Å². The molecule has 3 heterocycles. The molecule has 2 N–H and O–H groups in total. The first-order valence-corrected chi connectivity index (χ1v) is 15.7. The Morgan fingerprint density at radius 1 is 0.975 bits per heavy atom. The van der Waals surface area contributed by atoms with Crippen molar-refractivity contribution in [2.45, 2.75) is 115 Å². The van der Waals surface area contributed by atoms with Crippen molar-refractivity contribution in [3.8, 4) is 0 Å². The molecule has 3 amide bonds. The maximum absolute atomic E-state index is 14.5. The summed E-state index contributed by atoms with van der Waals surface area (Å²) in [7, 11) is 0. The number of aryl methyl sites for hydroxylation is 1. The Kier molecular flexibility index (Phi) is 7.53. The molecule has 2 saturated carbocycles. The molecule has 0 unspecified atom stereocenters. The van der Waals surface area contributed by atoms with Crippen LogP contribution in [0.25, 0.3) is 0 Å². The molecule has 2 saturated heterocycles. The van der Waals surface area contributed by atoms with E-state index in [0.29, 0.717) is 17.5 Å². The van der Waals surface area contributed by atoms with Crippen molar-refractivity contribution in [1.82, 2.24) is 10.2 Å². The van der Waals surface area contributed by atoms with Crippen LogP contribution in [0.4, 0.5) is 5.69 Å². The van der Waals surface area contributed by atoms with Crippen LogP contribution in [-0.2, 0) is 19.1 Å². The topological polar surface area (TPSA) is 87.7 Å². The number of fused-ring (bicyclic) bond motifs is 1. The summed E-state index contributed by atoms with van der Waals surface area (Å²) in [5.41, 5.74) is 0.656. The van der Waals surface area contributed by atoms with Gasteiger partial charge >= 0.3 is 0 Å². The fourth-order valence-corrected chi connectivity index (χ4v) is 8.31. The van der Waals surface area contributed by atoms with E-state index in [1.165, 1.54) is 12.8 Å². The van der Waals surface area contributed by atoms with Gasteiger partial charge in [-0.1, -0.05) is 83.1 Å². The van der Waals surface area contributed by atoms with Crippen molar-refractivity contribution in [2.24, 2.45) is 23.7 Å². The molecule has 2 aliphatic carbocycles. The van der Waals surface area contributed by atoms with Crippen LogP contribution in [0, 0.1) is 30.6 Å². The number of benzene rings is 1. The third kappa shape index (κ3) is 4.68. The van der Waals surface area contributed by atoms with Gasteiger partial charge in [0.25, 0.3) is 0 Å². The van der Waals surface area contributed by atoms with Crippen LogP contribution < -0.4 is 10.6 Å². The molecule has 8 atom stereocenters. The van der Waals surface area contributed by atoms with E-state index in [1.807, 2.05) is 48.2 Å². The second-order valence-corrected chi connectivity index (χ2v) is 13.2. The summed E-state index contributed by atoms with van der Waals surface area (Å²) in [6.07, 6.45) is 14.0. The first-order chi connectivity index (χ1) is 19.3. The Morgan fingerprint density at radius 3 is 2.48 bits per heavy atom. The summed E-state index contributed by atoms with van der Waals surface area (Å²) < 4.78 is 6.60. The second-order valence-electron chi connectivity index (χ2n) is 13.2. The van der Waals surface area contributed by atoms with E-state index in [4.69, 9.17) is 4.74 Å². The van der Waals surface area contributed by atoms with Gasteiger partial charge in [-0.25, -0.2) is 0 Å². The molecule has 40 heavy (non-hydrogen) atoms. The van der Waals surface area contributed by atoms with Crippen LogP contribution in [-0.4, -0.2) is 52.5 Å². The lowest BCUT2D eigenvalue weighted by Gasteiger charge is -2.40. The number of nitrogens with one attached hydrogen (secondary N) is 2. The minimum absolute atomic E-state index is 0.0113. The second kappa shape index (κ2) is 11.0. The smallest absolute Gasteiger partial charge is 0.246 e. The van der Waals surface area contributed by atoms with E-state index >= 15 is 0 Å². The number of hydrogen-bond acceptors (Lipinski definition) is 4. The number of nitrogens with zero attached hydrogens (tertiary/aromatic N) is 1. The van der Waals surface area contributed by atoms with Gasteiger partial charge in [0, 0.05) is 17.8 Å². The van der Waals surface area contributed by atoms with Gasteiger partial charge in [-0.05, 0) is 55.7 Å². The largest absolute Gasteiger partial charge is 0.359 e. The number of carbonyl (C=O) groups excluding carboxylic acids is 3. The monoisotopic (exact) mass is 547 g/mol. The zero-order valence-corrected chi connectivity index (χ0v) is 24.2. The molecule has 2 bridgehead atoms. The molecule has 1 spiro atoms. The van der Waals surface area contributed by atoms with Crippen LogP contribution in [0.3, 0.4) is 0 Å². The summed E-state index contributed by atoms with van der Waals surface area (Å²) in [5.74, 6) is -0.863. The Bertz CT molecular complexity index is 1170. The number of amides is 3. The Labute approximate surface area is 238 Å². The van der Waals surface area contributed by atoms with Crippen LogP contribution in [0.15, 0.2) is 36.4 Å². The average molecular weight is 548 g/mol. The highest BCUT2D eigenvalue weighted by molar-refractivity contribution is 6.03. The van der Waals surface area contributed by atoms with Crippen molar-refractivity contribution in [2.75, 3.05) is 5.32 Å². The Hall–Kier alpha value is -2.67. The maximum atomic E-state index is 14.5. The van der Waals surface area contributed by atoms with Crippen molar-refractivity contribution in [3.05, 3.63) is 42.0 Å². The molecule has 6 rings (SSSR count). The summed E-state index contributed by atoms with van der Waals surface area (Å²) in [6, 6.07) is 7.01. The van der Waals surface area contributed by atoms with Gasteiger partial charge in [-0.3, -0.25) is 14.4 Å². The zero-order chi connectivity index (χ0) is 28.0. The fourth-order valence-electron chi connectivity index (χ4n) is 8.31. The lowest BCUT2D eigenvalue weighted by atomic mass is 9.73. The van der Waals surface area contributed by atoms with Gasteiger partial charge in [-0.2, -0.15) is 0 Å². The summed E-state index contributed by atoms with van der Waals surface area (Å²) in [6.45, 7) is 6.48. The van der Waals surface area contributed by atoms with Gasteiger partial charge in [0.1, 0.15) is 11.6 Å². The molecule has 1 aromatic carbocycles. The quantitative estimate of drug-likeness (QED) is 0.500. The third-order valence-electron chi connectivity index (χ3n) is 10.7. The first-order valence-electron chi connectivity index (χ1n) is 15.7. The highest BCUT2D eigenvalue weighted by Gasteiger charge is 2.73. The molecular weight excluding hydrogens is 502 g/mol. The standard InChI is InChI=1S/C33H45N3O4/c1-20-11-9-13-23(19-20)34-30(37)27-26-17-18-33(40-26)28(27)32(39)36(24-14-7-5-4-6-8-15-24)29(33)31(38)35-25-16-10-12-21(2)22(25)3/h9,11,13,17-19,21-22,24-29H,4-8,10,12,14-16H2,1-3H3,(H,34,37)(H,35,38)/t21-,22-,25+,26-,27+,28-,29-,33-/m0/s1. The van der Waals surface area contributed by atoms with Gasteiger partial charge in [0.2, 0.25) is 17.7 Å². The molecule has 216 valence electrons. The first kappa shape index (κ1) is 27.5. The van der Waals surface area contributed by atoms with Crippen molar-refractivity contribution in [3.63, 3.8) is 0 Å². The van der Waals surface area contributed by atoms with Crippen molar-refractivity contribution < 1.29 is 19.1 Å². The summed E-state index contributed by atoms with van der Waals surface area (Å²) >= 11 is 0. The molecule has 7 heteroatoms. The molecule has 0 aromatic heterocycles. The highest BCUT2D eigenvalue weighted by atomic mass is 16.5. The number of hydrogen-bond donors (Lipinski definition) is 2. The SMILES string of the molecule is Cc1cccc(NC(=O)[C@@H]2[C@@H]3C=C[C@]4(O3)[C@@H]2C(=O)N(C2CCCCCCC2)[C@H]4C(=O)N[C@@H]2CCC[C@H](C)[C@@H]2C)c1. The predicted octanol–water partition coefficient (Wildman–Crippen LogP) is 5.14. The summed E-state index contributed by atoms with van der Waals surface area (Å²) in [4.78, 5) is 44.4. The molecule has 4 fully saturated rings. The summed E-state index contributed by atoms with van der Waals surface area (Å²) in [5, 5.41) is 6.44. The Balaban J connectivity index is 1.33.